The number of benzene rings is 2. The number of nitriles is 1. The van der Waals surface area contributed by atoms with Crippen LogP contribution >= 0.6 is 0 Å². The maximum absolute atomic E-state index is 12.4. The van der Waals surface area contributed by atoms with Crippen molar-refractivity contribution in [3.8, 4) is 6.07 Å². The van der Waals surface area contributed by atoms with Crippen molar-refractivity contribution in [2.75, 3.05) is 4.72 Å². The van der Waals surface area contributed by atoms with Gasteiger partial charge in [0.2, 0.25) is 0 Å². The zero-order chi connectivity index (χ0) is 14.9. The summed E-state index contributed by atoms with van der Waals surface area (Å²) in [6, 6.07) is 15.1. The molecule has 0 atom stereocenters. The first-order valence-corrected chi connectivity index (χ1v) is 7.55. The highest BCUT2D eigenvalue weighted by atomic mass is 32.2. The van der Waals surface area contributed by atoms with Gasteiger partial charge in [-0.05, 0) is 24.3 Å². The number of hydrogen-bond donors (Lipinski definition) is 2. The van der Waals surface area contributed by atoms with Crippen LogP contribution in [-0.2, 0) is 10.0 Å². The Balaban J connectivity index is 2.06. The number of hydrogen-bond acceptors (Lipinski definition) is 4. The van der Waals surface area contributed by atoms with E-state index in [0.717, 1.165) is 5.52 Å². The van der Waals surface area contributed by atoms with Gasteiger partial charge in [-0.3, -0.25) is 9.82 Å². The first-order valence-electron chi connectivity index (χ1n) is 6.07. The Hall–Kier alpha value is -2.85. The van der Waals surface area contributed by atoms with Crippen LogP contribution in [0.4, 0.5) is 5.82 Å². The number of aromatic amines is 1. The lowest BCUT2D eigenvalue weighted by Gasteiger charge is -2.07. The molecule has 0 amide bonds. The van der Waals surface area contributed by atoms with Gasteiger partial charge >= 0.3 is 0 Å². The molecule has 0 aliphatic rings. The molecule has 3 aromatic rings. The predicted octanol–water partition coefficient (Wildman–Crippen LogP) is 2.24. The number of sulfonamides is 1. The molecular weight excluding hydrogens is 288 g/mol. The SMILES string of the molecule is N#Cc1ccccc1S(=O)(=O)Nc1n[nH]c2ccccc12. The first kappa shape index (κ1) is 13.1. The van der Waals surface area contributed by atoms with E-state index < -0.39 is 10.0 Å². The minimum absolute atomic E-state index is 0.0698. The number of H-pyrrole nitrogens is 1. The van der Waals surface area contributed by atoms with E-state index in [9.17, 15) is 8.42 Å². The number of nitrogens with zero attached hydrogens (tertiary/aromatic N) is 2. The quantitative estimate of drug-likeness (QED) is 0.774. The Morgan fingerprint density at radius 1 is 1.10 bits per heavy atom. The van der Waals surface area contributed by atoms with Crippen LogP contribution in [0.15, 0.2) is 53.4 Å². The standard InChI is InChI=1S/C14H10N4O2S/c15-9-10-5-1-4-8-13(10)21(19,20)18-14-11-6-2-3-7-12(11)16-17-14/h1-8H,(H2,16,17,18). The number of para-hydroxylation sites is 1. The molecule has 0 saturated heterocycles. The van der Waals surface area contributed by atoms with E-state index in [0.29, 0.717) is 5.39 Å². The second-order valence-corrected chi connectivity index (χ2v) is 5.98. The topological polar surface area (TPSA) is 98.6 Å². The highest BCUT2D eigenvalue weighted by Crippen LogP contribution is 2.23. The van der Waals surface area contributed by atoms with Crippen molar-refractivity contribution in [3.05, 3.63) is 54.1 Å². The third-order valence-corrected chi connectivity index (χ3v) is 4.40. The van der Waals surface area contributed by atoms with Crippen LogP contribution in [0.1, 0.15) is 5.56 Å². The van der Waals surface area contributed by atoms with Crippen LogP contribution in [0.2, 0.25) is 0 Å². The van der Waals surface area contributed by atoms with Crippen molar-refractivity contribution in [3.63, 3.8) is 0 Å². The van der Waals surface area contributed by atoms with Crippen molar-refractivity contribution in [2.45, 2.75) is 4.90 Å². The summed E-state index contributed by atoms with van der Waals surface area (Å²) < 4.78 is 27.2. The maximum Gasteiger partial charge on any atom is 0.264 e. The van der Waals surface area contributed by atoms with Crippen LogP contribution in [0, 0.1) is 11.3 Å². The monoisotopic (exact) mass is 298 g/mol. The summed E-state index contributed by atoms with van der Waals surface area (Å²) >= 11 is 0. The molecule has 1 heterocycles. The van der Waals surface area contributed by atoms with Crippen molar-refractivity contribution < 1.29 is 8.42 Å². The molecule has 0 unspecified atom stereocenters. The maximum atomic E-state index is 12.4. The molecule has 104 valence electrons. The molecule has 0 fully saturated rings. The van der Waals surface area contributed by atoms with Gasteiger partial charge in [0.15, 0.2) is 5.82 Å². The summed E-state index contributed by atoms with van der Waals surface area (Å²) in [6.45, 7) is 0. The van der Waals surface area contributed by atoms with Crippen LogP contribution in [0.5, 0.6) is 0 Å². The number of anilines is 1. The summed E-state index contributed by atoms with van der Waals surface area (Å²) in [5.74, 6) is 0.207. The van der Waals surface area contributed by atoms with E-state index in [1.54, 1.807) is 30.3 Å². The highest BCUT2D eigenvalue weighted by Gasteiger charge is 2.20. The molecule has 0 bridgehead atoms. The van der Waals surface area contributed by atoms with E-state index >= 15 is 0 Å². The van der Waals surface area contributed by atoms with Crippen LogP contribution in [0.3, 0.4) is 0 Å². The van der Waals surface area contributed by atoms with E-state index in [-0.39, 0.29) is 16.3 Å². The molecule has 1 aromatic heterocycles. The average Bonchev–Trinajstić information content (AvgIpc) is 2.90. The fraction of sp³-hybridized carbons (Fsp3) is 0. The van der Waals surface area contributed by atoms with Crippen molar-refractivity contribution in [1.29, 1.82) is 5.26 Å². The zero-order valence-corrected chi connectivity index (χ0v) is 11.6. The fourth-order valence-electron chi connectivity index (χ4n) is 2.02. The zero-order valence-electron chi connectivity index (χ0n) is 10.7. The Bertz CT molecular complexity index is 954. The van der Waals surface area contributed by atoms with E-state index in [1.165, 1.54) is 12.1 Å². The summed E-state index contributed by atoms with van der Waals surface area (Å²) in [6.07, 6.45) is 0. The first-order chi connectivity index (χ1) is 10.1. The molecule has 0 saturated carbocycles. The lowest BCUT2D eigenvalue weighted by molar-refractivity contribution is 0.601. The van der Waals surface area contributed by atoms with Gasteiger partial charge in [0.05, 0.1) is 11.1 Å². The van der Waals surface area contributed by atoms with Crippen LogP contribution < -0.4 is 4.72 Å². The molecule has 0 aliphatic heterocycles. The number of aromatic nitrogens is 2. The minimum Gasteiger partial charge on any atom is -0.276 e. The highest BCUT2D eigenvalue weighted by molar-refractivity contribution is 7.92. The van der Waals surface area contributed by atoms with Gasteiger partial charge in [-0.25, -0.2) is 8.42 Å². The van der Waals surface area contributed by atoms with Gasteiger partial charge < -0.3 is 0 Å². The number of fused-ring (bicyclic) bond motifs is 1. The molecule has 2 N–H and O–H groups in total. The van der Waals surface area contributed by atoms with Gasteiger partial charge in [0.25, 0.3) is 10.0 Å². The molecule has 0 radical (unpaired) electrons. The van der Waals surface area contributed by atoms with Gasteiger partial charge in [-0.15, -0.1) is 0 Å². The average molecular weight is 298 g/mol. The second kappa shape index (κ2) is 4.92. The Morgan fingerprint density at radius 2 is 1.81 bits per heavy atom. The van der Waals surface area contributed by atoms with Crippen LogP contribution in [-0.4, -0.2) is 18.6 Å². The molecule has 6 nitrogen and oxygen atoms in total. The van der Waals surface area contributed by atoms with E-state index in [1.807, 2.05) is 12.1 Å². The predicted molar refractivity (Wildman–Crippen MR) is 78.1 cm³/mol. The third-order valence-electron chi connectivity index (χ3n) is 3.00. The van der Waals surface area contributed by atoms with Gasteiger partial charge in [-0.2, -0.15) is 10.4 Å². The van der Waals surface area contributed by atoms with Crippen LogP contribution in [0.25, 0.3) is 10.9 Å². The fourth-order valence-corrected chi connectivity index (χ4v) is 3.20. The number of rotatable bonds is 3. The largest absolute Gasteiger partial charge is 0.276 e. The molecule has 0 aliphatic carbocycles. The molecule has 2 aromatic carbocycles. The van der Waals surface area contributed by atoms with Gasteiger partial charge in [-0.1, -0.05) is 24.3 Å². The second-order valence-electron chi connectivity index (χ2n) is 4.33. The normalized spacial score (nSPS) is 11.2. The van der Waals surface area contributed by atoms with Gasteiger partial charge in [0, 0.05) is 5.39 Å². The lowest BCUT2D eigenvalue weighted by atomic mass is 10.2. The lowest BCUT2D eigenvalue weighted by Crippen LogP contribution is -2.14. The van der Waals surface area contributed by atoms with Crippen molar-refractivity contribution >= 4 is 26.7 Å². The van der Waals surface area contributed by atoms with Crippen molar-refractivity contribution in [2.24, 2.45) is 0 Å². The molecule has 21 heavy (non-hydrogen) atoms. The smallest absolute Gasteiger partial charge is 0.264 e. The van der Waals surface area contributed by atoms with E-state index in [4.69, 9.17) is 5.26 Å². The van der Waals surface area contributed by atoms with Gasteiger partial charge in [0.1, 0.15) is 11.0 Å². The van der Waals surface area contributed by atoms with Crippen molar-refractivity contribution in [1.82, 2.24) is 10.2 Å². The Kier molecular flexibility index (Phi) is 3.08. The molecule has 7 heteroatoms. The molecule has 0 spiro atoms. The summed E-state index contributed by atoms with van der Waals surface area (Å²) in [5.41, 5.74) is 0.814. The molecule has 3 rings (SSSR count). The summed E-state index contributed by atoms with van der Waals surface area (Å²) in [7, 11) is -3.87. The Morgan fingerprint density at radius 3 is 2.62 bits per heavy atom. The minimum atomic E-state index is -3.87. The number of nitrogens with one attached hydrogen (secondary N) is 2. The summed E-state index contributed by atoms with van der Waals surface area (Å²) in [4.78, 5) is -0.0698. The van der Waals surface area contributed by atoms with E-state index in [2.05, 4.69) is 14.9 Å². The molecular formula is C14H10N4O2S. The Labute approximate surface area is 121 Å². The summed E-state index contributed by atoms with van der Waals surface area (Å²) in [5, 5.41) is 16.4. The third kappa shape index (κ3) is 2.32.